The number of benzene rings is 2. The number of methoxy groups -OCH3 is 1. The molecule has 1 heterocycles. The molecular formula is C20H15BrO3. The summed E-state index contributed by atoms with van der Waals surface area (Å²) in [5.74, 6) is 1.51. The monoisotopic (exact) mass is 382 g/mol. The second kappa shape index (κ2) is 5.95. The minimum atomic E-state index is -0.324. The van der Waals surface area contributed by atoms with E-state index in [0.717, 1.165) is 50.9 Å². The van der Waals surface area contributed by atoms with Crippen LogP contribution in [0.4, 0.5) is 0 Å². The van der Waals surface area contributed by atoms with Gasteiger partial charge in [-0.05, 0) is 59.9 Å². The molecule has 0 N–H and O–H groups in total. The highest BCUT2D eigenvalue weighted by Gasteiger charge is 2.23. The molecule has 1 aliphatic rings. The molecule has 1 aromatic heterocycles. The Labute approximate surface area is 148 Å². The normalized spacial score (nSPS) is 12.4. The summed E-state index contributed by atoms with van der Waals surface area (Å²) >= 11 is 3.45. The second-order valence-electron chi connectivity index (χ2n) is 5.82. The molecule has 1 aliphatic carbocycles. The molecule has 120 valence electrons. The van der Waals surface area contributed by atoms with Gasteiger partial charge < -0.3 is 9.15 Å². The summed E-state index contributed by atoms with van der Waals surface area (Å²) in [5.41, 5.74) is 4.88. The largest absolute Gasteiger partial charge is 0.497 e. The zero-order valence-corrected chi connectivity index (χ0v) is 14.7. The van der Waals surface area contributed by atoms with E-state index in [1.165, 1.54) is 0 Å². The second-order valence-corrected chi connectivity index (χ2v) is 6.73. The summed E-state index contributed by atoms with van der Waals surface area (Å²) in [4.78, 5) is 12.1. The molecular weight excluding hydrogens is 368 g/mol. The van der Waals surface area contributed by atoms with Crippen molar-refractivity contribution < 1.29 is 9.15 Å². The van der Waals surface area contributed by atoms with Crippen LogP contribution >= 0.6 is 15.9 Å². The summed E-state index contributed by atoms with van der Waals surface area (Å²) < 4.78 is 11.9. The Morgan fingerprint density at radius 1 is 1.00 bits per heavy atom. The first kappa shape index (κ1) is 15.2. The first-order valence-electron chi connectivity index (χ1n) is 7.76. The van der Waals surface area contributed by atoms with Crippen LogP contribution in [-0.4, -0.2) is 7.11 Å². The van der Waals surface area contributed by atoms with Gasteiger partial charge in [-0.1, -0.05) is 28.1 Å². The summed E-state index contributed by atoms with van der Waals surface area (Å²) in [5, 5.41) is 0. The van der Waals surface area contributed by atoms with Gasteiger partial charge in [-0.2, -0.15) is 0 Å². The fraction of sp³-hybridized carbons (Fsp3) is 0.150. The van der Waals surface area contributed by atoms with Gasteiger partial charge in [0.05, 0.1) is 7.11 Å². The molecule has 0 amide bonds. The van der Waals surface area contributed by atoms with Crippen LogP contribution in [0, 0.1) is 0 Å². The molecule has 0 spiro atoms. The van der Waals surface area contributed by atoms with E-state index in [1.807, 2.05) is 42.5 Å². The van der Waals surface area contributed by atoms with E-state index in [2.05, 4.69) is 15.9 Å². The smallest absolute Gasteiger partial charge is 0.336 e. The zero-order chi connectivity index (χ0) is 16.7. The Bertz CT molecular complexity index is 971. The number of hydrogen-bond donors (Lipinski definition) is 0. The van der Waals surface area contributed by atoms with Crippen molar-refractivity contribution in [3.63, 3.8) is 0 Å². The molecule has 4 heteroatoms. The minimum absolute atomic E-state index is 0.324. The fourth-order valence-electron chi connectivity index (χ4n) is 3.26. The number of rotatable bonds is 2. The van der Waals surface area contributed by atoms with Crippen LogP contribution in [0.2, 0.25) is 0 Å². The van der Waals surface area contributed by atoms with Crippen LogP contribution in [0.5, 0.6) is 5.75 Å². The first-order chi connectivity index (χ1) is 11.7. The summed E-state index contributed by atoms with van der Waals surface area (Å²) in [7, 11) is 1.66. The van der Waals surface area contributed by atoms with Crippen molar-refractivity contribution in [1.82, 2.24) is 0 Å². The zero-order valence-electron chi connectivity index (χ0n) is 13.1. The number of hydrogen-bond acceptors (Lipinski definition) is 3. The van der Waals surface area contributed by atoms with Crippen LogP contribution in [0.15, 0.2) is 62.2 Å². The van der Waals surface area contributed by atoms with E-state index in [4.69, 9.17) is 9.15 Å². The van der Waals surface area contributed by atoms with Gasteiger partial charge in [0.1, 0.15) is 11.5 Å². The molecule has 0 fully saturated rings. The Morgan fingerprint density at radius 3 is 2.54 bits per heavy atom. The molecule has 4 rings (SSSR count). The molecule has 3 nitrogen and oxygen atoms in total. The SMILES string of the molecule is COc1ccc2c(c1)CCc1c(-c3ccc(Br)cc3)cc(=O)oc1-2. The maximum absolute atomic E-state index is 12.1. The Kier molecular flexibility index (Phi) is 3.77. The molecule has 0 saturated carbocycles. The molecule has 0 bridgehead atoms. The number of halogens is 1. The Hall–Kier alpha value is -2.33. The number of aryl methyl sites for hydroxylation is 1. The van der Waals surface area contributed by atoms with Crippen molar-refractivity contribution in [3.05, 3.63) is 74.6 Å². The lowest BCUT2D eigenvalue weighted by Crippen LogP contribution is -2.10. The quantitative estimate of drug-likeness (QED) is 0.636. The first-order valence-corrected chi connectivity index (χ1v) is 8.55. The van der Waals surface area contributed by atoms with E-state index in [9.17, 15) is 4.79 Å². The molecule has 0 unspecified atom stereocenters. The predicted molar refractivity (Wildman–Crippen MR) is 97.5 cm³/mol. The third kappa shape index (κ3) is 2.57. The highest BCUT2D eigenvalue weighted by Crippen LogP contribution is 2.39. The van der Waals surface area contributed by atoms with Crippen molar-refractivity contribution in [3.8, 4) is 28.2 Å². The highest BCUT2D eigenvalue weighted by atomic mass is 79.9. The summed E-state index contributed by atoms with van der Waals surface area (Å²) in [6.45, 7) is 0. The van der Waals surface area contributed by atoms with E-state index in [0.29, 0.717) is 5.76 Å². The average Bonchev–Trinajstić information content (AvgIpc) is 2.61. The van der Waals surface area contributed by atoms with Crippen molar-refractivity contribution >= 4 is 15.9 Å². The molecule has 0 aliphatic heterocycles. The maximum Gasteiger partial charge on any atom is 0.336 e. The van der Waals surface area contributed by atoms with Gasteiger partial charge in [0.25, 0.3) is 0 Å². The molecule has 24 heavy (non-hydrogen) atoms. The van der Waals surface area contributed by atoms with E-state index in [1.54, 1.807) is 13.2 Å². The van der Waals surface area contributed by atoms with E-state index < -0.39 is 0 Å². The van der Waals surface area contributed by atoms with Crippen molar-refractivity contribution in [2.75, 3.05) is 7.11 Å². The third-order valence-electron chi connectivity index (χ3n) is 4.42. The van der Waals surface area contributed by atoms with Gasteiger partial charge >= 0.3 is 5.63 Å². The molecule has 0 atom stereocenters. The van der Waals surface area contributed by atoms with Crippen LogP contribution in [0.25, 0.3) is 22.5 Å². The van der Waals surface area contributed by atoms with Gasteiger partial charge in [-0.3, -0.25) is 0 Å². The van der Waals surface area contributed by atoms with Gasteiger partial charge in [0, 0.05) is 21.7 Å². The number of ether oxygens (including phenoxy) is 1. The van der Waals surface area contributed by atoms with Crippen LogP contribution < -0.4 is 10.4 Å². The topological polar surface area (TPSA) is 39.4 Å². The van der Waals surface area contributed by atoms with E-state index >= 15 is 0 Å². The van der Waals surface area contributed by atoms with Gasteiger partial charge in [0.15, 0.2) is 0 Å². The standard InChI is InChI=1S/C20H15BrO3/c1-23-15-7-9-16-13(10-15)4-8-17-18(11-19(22)24-20(16)17)12-2-5-14(21)6-3-12/h2-3,5-7,9-11H,4,8H2,1H3. The van der Waals surface area contributed by atoms with Gasteiger partial charge in [-0.25, -0.2) is 4.79 Å². The lowest BCUT2D eigenvalue weighted by atomic mass is 9.86. The molecule has 0 radical (unpaired) electrons. The Morgan fingerprint density at radius 2 is 1.79 bits per heavy atom. The van der Waals surface area contributed by atoms with Crippen molar-refractivity contribution in [2.24, 2.45) is 0 Å². The maximum atomic E-state index is 12.1. The Balaban J connectivity index is 1.93. The number of fused-ring (bicyclic) bond motifs is 3. The minimum Gasteiger partial charge on any atom is -0.497 e. The molecule has 2 aromatic carbocycles. The summed E-state index contributed by atoms with van der Waals surface area (Å²) in [6, 6.07) is 15.5. The van der Waals surface area contributed by atoms with Crippen molar-refractivity contribution in [2.45, 2.75) is 12.8 Å². The highest BCUT2D eigenvalue weighted by molar-refractivity contribution is 9.10. The average molecular weight is 383 g/mol. The molecule has 3 aromatic rings. The lowest BCUT2D eigenvalue weighted by Gasteiger charge is -2.21. The van der Waals surface area contributed by atoms with Crippen LogP contribution in [0.3, 0.4) is 0 Å². The predicted octanol–water partition coefficient (Wildman–Crippen LogP) is 4.84. The van der Waals surface area contributed by atoms with Gasteiger partial charge in [0.2, 0.25) is 0 Å². The lowest BCUT2D eigenvalue weighted by molar-refractivity contribution is 0.414. The fourth-order valence-corrected chi connectivity index (χ4v) is 3.52. The van der Waals surface area contributed by atoms with E-state index in [-0.39, 0.29) is 5.63 Å². The summed E-state index contributed by atoms with van der Waals surface area (Å²) in [6.07, 6.45) is 1.74. The molecule has 0 saturated heterocycles. The van der Waals surface area contributed by atoms with Crippen molar-refractivity contribution in [1.29, 1.82) is 0 Å². The van der Waals surface area contributed by atoms with Crippen LogP contribution in [-0.2, 0) is 12.8 Å². The van der Waals surface area contributed by atoms with Gasteiger partial charge in [-0.15, -0.1) is 0 Å². The third-order valence-corrected chi connectivity index (χ3v) is 4.95. The van der Waals surface area contributed by atoms with Crippen LogP contribution in [0.1, 0.15) is 11.1 Å².